The van der Waals surface area contributed by atoms with Gasteiger partial charge in [-0.2, -0.15) is 5.10 Å². The summed E-state index contributed by atoms with van der Waals surface area (Å²) in [7, 11) is 0. The van der Waals surface area contributed by atoms with Gasteiger partial charge in [-0.1, -0.05) is 48.5 Å². The monoisotopic (exact) mass is 279 g/mol. The molecule has 0 atom stereocenters. The van der Waals surface area contributed by atoms with E-state index in [0.29, 0.717) is 25.0 Å². The lowest BCUT2D eigenvalue weighted by molar-refractivity contribution is 0.433. The standard InChI is InChI=1S/C16H29N3O/c1-11(2)10-19-15(20)13(9-17-12(3)4)8-14(18-19)16(5,6)7/h8,11-12,17H,9-10H2,1-7H3. The van der Waals surface area contributed by atoms with E-state index in [0.717, 1.165) is 11.3 Å². The number of nitrogens with zero attached hydrogens (tertiary/aromatic N) is 2. The Labute approximate surface area is 122 Å². The molecule has 0 aliphatic rings. The summed E-state index contributed by atoms with van der Waals surface area (Å²) >= 11 is 0. The highest BCUT2D eigenvalue weighted by Crippen LogP contribution is 2.19. The first kappa shape index (κ1) is 16.9. The Hall–Kier alpha value is -1.16. The zero-order chi connectivity index (χ0) is 15.5. The highest BCUT2D eigenvalue weighted by molar-refractivity contribution is 5.19. The SMILES string of the molecule is CC(C)Cn1nc(C(C)(C)C)cc(CNC(C)C)c1=O. The van der Waals surface area contributed by atoms with Crippen LogP contribution in [-0.4, -0.2) is 15.8 Å². The molecule has 0 aliphatic carbocycles. The van der Waals surface area contributed by atoms with Crippen molar-refractivity contribution in [3.05, 3.63) is 27.7 Å². The number of rotatable bonds is 5. The second-order valence-electron chi connectivity index (χ2n) is 7.22. The van der Waals surface area contributed by atoms with Crippen molar-refractivity contribution >= 4 is 0 Å². The topological polar surface area (TPSA) is 46.9 Å². The van der Waals surface area contributed by atoms with Crippen molar-refractivity contribution in [1.29, 1.82) is 0 Å². The minimum atomic E-state index is -0.0565. The van der Waals surface area contributed by atoms with Gasteiger partial charge in [0.2, 0.25) is 0 Å². The van der Waals surface area contributed by atoms with E-state index >= 15 is 0 Å². The molecule has 1 aromatic heterocycles. The molecule has 0 amide bonds. The van der Waals surface area contributed by atoms with Crippen LogP contribution in [0.25, 0.3) is 0 Å². The van der Waals surface area contributed by atoms with Crippen molar-refractivity contribution in [1.82, 2.24) is 15.1 Å². The Kier molecular flexibility index (Phi) is 5.51. The second kappa shape index (κ2) is 6.53. The molecule has 1 N–H and O–H groups in total. The minimum Gasteiger partial charge on any atom is -0.310 e. The third kappa shape index (κ3) is 4.75. The van der Waals surface area contributed by atoms with Crippen LogP contribution in [0.15, 0.2) is 10.9 Å². The Balaban J connectivity index is 3.24. The van der Waals surface area contributed by atoms with Crippen molar-refractivity contribution in [3.8, 4) is 0 Å². The van der Waals surface area contributed by atoms with E-state index < -0.39 is 0 Å². The third-order valence-electron chi connectivity index (χ3n) is 3.06. The van der Waals surface area contributed by atoms with Gasteiger partial charge in [0, 0.05) is 30.1 Å². The Bertz CT molecular complexity index is 495. The van der Waals surface area contributed by atoms with E-state index in [1.54, 1.807) is 4.68 Å². The lowest BCUT2D eigenvalue weighted by atomic mass is 9.91. The molecule has 0 saturated heterocycles. The van der Waals surface area contributed by atoms with Crippen molar-refractivity contribution in [3.63, 3.8) is 0 Å². The van der Waals surface area contributed by atoms with Crippen LogP contribution < -0.4 is 10.9 Å². The molecule has 1 heterocycles. The molecule has 0 spiro atoms. The Morgan fingerprint density at radius 3 is 2.30 bits per heavy atom. The van der Waals surface area contributed by atoms with Crippen LogP contribution in [0.2, 0.25) is 0 Å². The summed E-state index contributed by atoms with van der Waals surface area (Å²) in [4.78, 5) is 12.5. The predicted molar refractivity (Wildman–Crippen MR) is 84.0 cm³/mol. The lowest BCUT2D eigenvalue weighted by Crippen LogP contribution is -2.34. The van der Waals surface area contributed by atoms with Gasteiger partial charge in [-0.05, 0) is 12.0 Å². The molecule has 4 nitrogen and oxygen atoms in total. The first-order chi connectivity index (χ1) is 9.11. The summed E-state index contributed by atoms with van der Waals surface area (Å²) < 4.78 is 1.63. The molecule has 1 rings (SSSR count). The van der Waals surface area contributed by atoms with Crippen LogP contribution in [0, 0.1) is 5.92 Å². The van der Waals surface area contributed by atoms with Gasteiger partial charge in [-0.25, -0.2) is 4.68 Å². The van der Waals surface area contributed by atoms with E-state index in [-0.39, 0.29) is 11.0 Å². The maximum absolute atomic E-state index is 12.5. The maximum atomic E-state index is 12.5. The number of hydrogen-bond donors (Lipinski definition) is 1. The number of hydrogen-bond acceptors (Lipinski definition) is 3. The summed E-state index contributed by atoms with van der Waals surface area (Å²) in [6.07, 6.45) is 0. The van der Waals surface area contributed by atoms with Gasteiger partial charge in [0.25, 0.3) is 5.56 Å². The van der Waals surface area contributed by atoms with Gasteiger partial charge >= 0.3 is 0 Å². The molecule has 0 bridgehead atoms. The minimum absolute atomic E-state index is 0.0276. The number of nitrogens with one attached hydrogen (secondary N) is 1. The Morgan fingerprint density at radius 1 is 1.25 bits per heavy atom. The van der Waals surface area contributed by atoms with Gasteiger partial charge in [-0.15, -0.1) is 0 Å². The van der Waals surface area contributed by atoms with Crippen LogP contribution in [0.1, 0.15) is 59.7 Å². The van der Waals surface area contributed by atoms with Crippen LogP contribution in [0.4, 0.5) is 0 Å². The molecule has 114 valence electrons. The van der Waals surface area contributed by atoms with Crippen molar-refractivity contribution < 1.29 is 0 Å². The van der Waals surface area contributed by atoms with Crippen molar-refractivity contribution in [2.45, 2.75) is 73.0 Å². The molecule has 0 aliphatic heterocycles. The molecule has 0 aromatic carbocycles. The molecule has 20 heavy (non-hydrogen) atoms. The fourth-order valence-electron chi connectivity index (χ4n) is 1.87. The quantitative estimate of drug-likeness (QED) is 0.901. The van der Waals surface area contributed by atoms with Crippen molar-refractivity contribution in [2.24, 2.45) is 5.92 Å². The van der Waals surface area contributed by atoms with Gasteiger partial charge in [0.1, 0.15) is 0 Å². The smallest absolute Gasteiger partial charge is 0.271 e. The third-order valence-corrected chi connectivity index (χ3v) is 3.06. The zero-order valence-corrected chi connectivity index (χ0v) is 13.9. The molecule has 0 saturated carbocycles. The summed E-state index contributed by atoms with van der Waals surface area (Å²) in [6, 6.07) is 2.31. The van der Waals surface area contributed by atoms with E-state index in [9.17, 15) is 4.79 Å². The molecular formula is C16H29N3O. The first-order valence-electron chi connectivity index (χ1n) is 7.46. The fourth-order valence-corrected chi connectivity index (χ4v) is 1.87. The van der Waals surface area contributed by atoms with Gasteiger partial charge in [0.15, 0.2) is 0 Å². The largest absolute Gasteiger partial charge is 0.310 e. The fraction of sp³-hybridized carbons (Fsp3) is 0.750. The van der Waals surface area contributed by atoms with E-state index in [1.165, 1.54) is 0 Å². The predicted octanol–water partition coefficient (Wildman–Crippen LogP) is 2.69. The highest BCUT2D eigenvalue weighted by Gasteiger charge is 2.19. The molecule has 0 radical (unpaired) electrons. The lowest BCUT2D eigenvalue weighted by Gasteiger charge is -2.21. The van der Waals surface area contributed by atoms with Crippen LogP contribution in [0.3, 0.4) is 0 Å². The van der Waals surface area contributed by atoms with E-state index in [1.807, 2.05) is 6.07 Å². The second-order valence-corrected chi connectivity index (χ2v) is 7.22. The van der Waals surface area contributed by atoms with Crippen LogP contribution >= 0.6 is 0 Å². The van der Waals surface area contributed by atoms with Gasteiger partial charge in [-0.3, -0.25) is 4.79 Å². The van der Waals surface area contributed by atoms with Gasteiger partial charge in [0.05, 0.1) is 5.69 Å². The summed E-state index contributed by atoms with van der Waals surface area (Å²) in [5.74, 6) is 0.404. The number of aromatic nitrogens is 2. The van der Waals surface area contributed by atoms with E-state index in [4.69, 9.17) is 0 Å². The van der Waals surface area contributed by atoms with Gasteiger partial charge < -0.3 is 5.32 Å². The summed E-state index contributed by atoms with van der Waals surface area (Å²) in [5, 5.41) is 7.87. The van der Waals surface area contributed by atoms with E-state index in [2.05, 4.69) is 58.9 Å². The Morgan fingerprint density at radius 2 is 1.85 bits per heavy atom. The average molecular weight is 279 g/mol. The summed E-state index contributed by atoms with van der Waals surface area (Å²) in [6.45, 7) is 16.0. The first-order valence-corrected chi connectivity index (χ1v) is 7.46. The highest BCUT2D eigenvalue weighted by atomic mass is 16.1. The molecular weight excluding hydrogens is 250 g/mol. The summed E-state index contributed by atoms with van der Waals surface area (Å²) in [5.41, 5.74) is 1.75. The van der Waals surface area contributed by atoms with Crippen molar-refractivity contribution in [2.75, 3.05) is 0 Å². The average Bonchev–Trinajstić information content (AvgIpc) is 2.27. The molecule has 0 unspecified atom stereocenters. The van der Waals surface area contributed by atoms with Crippen LogP contribution in [-0.2, 0) is 18.5 Å². The molecule has 0 fully saturated rings. The molecule has 4 heteroatoms. The van der Waals surface area contributed by atoms with Crippen LogP contribution in [0.5, 0.6) is 0 Å². The zero-order valence-electron chi connectivity index (χ0n) is 13.9. The normalized spacial score (nSPS) is 12.4. The molecule has 1 aromatic rings. The maximum Gasteiger partial charge on any atom is 0.271 e.